The quantitative estimate of drug-likeness (QED) is 0.114. The molecule has 1 radical (unpaired) electrons. The average Bonchev–Trinajstić information content (AvgIpc) is 1.61. The molecule has 10 saturated heterocycles. The number of hydrogen-bond donors (Lipinski definition) is 24. The second kappa shape index (κ2) is 27.3. The minimum Gasteiger partial charge on any atom is -0.550 e. The first kappa shape index (κ1) is 68.0. The van der Waals surface area contributed by atoms with E-state index in [-0.39, 0.29) is 163 Å². The van der Waals surface area contributed by atoms with Crippen LogP contribution in [0, 0.1) is 107 Å². The first-order valence-corrected chi connectivity index (χ1v) is 38.2. The zero-order valence-corrected chi connectivity index (χ0v) is 56.3. The Bertz CT molecular complexity index is 2550. The van der Waals surface area contributed by atoms with Crippen LogP contribution in [0.25, 0.3) is 0 Å². The molecule has 0 aromatic rings. The summed E-state index contributed by atoms with van der Waals surface area (Å²) in [5.41, 5.74) is 54.1. The largest absolute Gasteiger partial charge is 2.00 e. The van der Waals surface area contributed by atoms with Crippen LogP contribution in [0.15, 0.2) is 0 Å². The predicted molar refractivity (Wildman–Crippen MR) is 349 cm³/mol. The molecule has 18 fully saturated rings. The number of carbonyl (C=O) groups is 2. The van der Waals surface area contributed by atoms with Gasteiger partial charge in [-0.2, -0.15) is 0 Å². The van der Waals surface area contributed by atoms with Gasteiger partial charge in [-0.1, -0.05) is 64.2 Å². The van der Waals surface area contributed by atoms with Crippen molar-refractivity contribution < 1.29 is 36.9 Å². The number of nitrogens with two attached hydrogens (primary N) is 8. The van der Waals surface area contributed by atoms with Crippen molar-refractivity contribution in [3.05, 3.63) is 0 Å². The molecule has 0 amide bonds. The van der Waals surface area contributed by atoms with Crippen molar-refractivity contribution in [3.8, 4) is 0 Å². The second-order valence-electron chi connectivity index (χ2n) is 33.9. The topological polar surface area (TPSA) is 481 Å². The van der Waals surface area contributed by atoms with Crippen LogP contribution in [0.3, 0.4) is 0 Å². The maximum atomic E-state index is 12.8. The van der Waals surface area contributed by atoms with Gasteiger partial charge in [0, 0.05) is 108 Å². The molecule has 32 N–H and O–H groups in total. The van der Waals surface area contributed by atoms with E-state index < -0.39 is 60.0 Å². The molecule has 0 aromatic carbocycles. The molecule has 537 valence electrons. The fraction of sp³-hybridized carbons (Fsp3) is 0.970. The van der Waals surface area contributed by atoms with Crippen LogP contribution >= 0.6 is 0 Å². The fourth-order valence-corrected chi connectivity index (χ4v) is 25.5. The number of carboxylic acid groups (broad SMARTS) is 2. The predicted octanol–water partition coefficient (Wildman–Crippen LogP) is -7.34. The molecule has 8 aliphatic carbocycles. The maximum Gasteiger partial charge on any atom is 2.00 e. The Labute approximate surface area is 571 Å². The normalized spacial score (nSPS) is 58.1. The van der Waals surface area contributed by atoms with E-state index >= 15 is 0 Å². The van der Waals surface area contributed by atoms with Crippen molar-refractivity contribution >= 4 is 11.9 Å². The SMILES string of the molecule is NC1CCCC2C3NC4NC(NC5NC(NC6NC(NC(N3)C12)C1C(N)C(N)C(N)C(C(=O)[O-])C61)C1CCCCC51)C1CCCCC41.NC1CCCC2C3NC4NC(NC5NC(NC6NC(NC(N3)C12)C1C(N)C(N)C(N)C(C(=O)[O-])C61)C1CCCCC51)C1CCCCC41.[Cu+2]. The van der Waals surface area contributed by atoms with Crippen molar-refractivity contribution in [2.45, 2.75) is 288 Å². The minimum absolute atomic E-state index is 0. The van der Waals surface area contributed by atoms with E-state index in [1.807, 2.05) is 0 Å². The van der Waals surface area contributed by atoms with Gasteiger partial charge >= 0.3 is 17.1 Å². The Kier molecular flexibility index (Phi) is 19.5. The molecule has 0 aromatic heterocycles. The Hall–Kier alpha value is -1.50. The molecule has 42 atom stereocenters. The molecule has 18 rings (SSSR count). The first-order chi connectivity index (χ1) is 45.6. The third-order valence-corrected chi connectivity index (χ3v) is 29.7. The summed E-state index contributed by atoms with van der Waals surface area (Å²) in [5, 5.41) is 89.8. The number of carbonyl (C=O) groups excluding carboxylic acids is 2. The Morgan fingerprint density at radius 2 is 0.411 bits per heavy atom. The second-order valence-corrected chi connectivity index (χ2v) is 33.9. The van der Waals surface area contributed by atoms with Gasteiger partial charge < -0.3 is 65.7 Å². The van der Waals surface area contributed by atoms with Crippen LogP contribution in [0.4, 0.5) is 0 Å². The molecular formula is C66H118CuN24O4. The number of aliphatic carboxylic acids is 2. The van der Waals surface area contributed by atoms with E-state index in [4.69, 9.17) is 45.9 Å². The molecule has 10 aliphatic heterocycles. The van der Waals surface area contributed by atoms with Gasteiger partial charge in [0.1, 0.15) is 0 Å². The molecule has 10 heterocycles. The van der Waals surface area contributed by atoms with Crippen molar-refractivity contribution in [1.82, 2.24) is 85.1 Å². The zero-order valence-electron chi connectivity index (χ0n) is 55.4. The Morgan fingerprint density at radius 1 is 0.221 bits per heavy atom. The summed E-state index contributed by atoms with van der Waals surface area (Å²) in [6.45, 7) is 0. The number of rotatable bonds is 2. The standard InChI is InChI=1S/2C33H60N12O2.Cu/c2*34-17-11-5-10-16-18(17)30-43-29(16)41-27-13-7-2-1-6-12(13)25(39-27)38-26-14-8-3-4-9-15(14)28(40-26)42-31-19-20(32(44-30)45-31)22(35)24(37)23(36)21(19)33(46)47;/h2*12-32,38-45H,1-11,34-37H2,(H,46,47);/q;;+2/p-2. The summed E-state index contributed by atoms with van der Waals surface area (Å²) in [6.07, 6.45) is 26.5. The first-order valence-electron chi connectivity index (χ1n) is 38.2. The van der Waals surface area contributed by atoms with Crippen LogP contribution in [0.1, 0.15) is 141 Å². The van der Waals surface area contributed by atoms with Gasteiger partial charge in [0.25, 0.3) is 0 Å². The molecule has 16 bridgehead atoms. The summed E-state index contributed by atoms with van der Waals surface area (Å²) in [6, 6.07) is -3.70. The molecular weight excluding hydrogens is 1260 g/mol. The van der Waals surface area contributed by atoms with Crippen molar-refractivity contribution in [1.29, 1.82) is 0 Å². The summed E-state index contributed by atoms with van der Waals surface area (Å²) in [4.78, 5) is 25.7. The molecule has 28 nitrogen and oxygen atoms in total. The van der Waals surface area contributed by atoms with Crippen molar-refractivity contribution in [2.75, 3.05) is 0 Å². The fourth-order valence-electron chi connectivity index (χ4n) is 25.5. The molecule has 8 saturated carbocycles. The number of hydrogen-bond acceptors (Lipinski definition) is 28. The summed E-state index contributed by atoms with van der Waals surface area (Å²) in [5.74, 6) is 0.0381. The summed E-state index contributed by atoms with van der Waals surface area (Å²) < 4.78 is 0. The molecule has 0 spiro atoms. The van der Waals surface area contributed by atoms with Crippen LogP contribution in [0.5, 0.6) is 0 Å². The molecule has 95 heavy (non-hydrogen) atoms. The van der Waals surface area contributed by atoms with Crippen molar-refractivity contribution in [2.24, 2.45) is 152 Å². The number of fused-ring (bicyclic) bond motifs is 40. The molecule has 29 heteroatoms. The third kappa shape index (κ3) is 11.7. The molecule has 42 unspecified atom stereocenters. The van der Waals surface area contributed by atoms with Crippen molar-refractivity contribution in [3.63, 3.8) is 0 Å². The zero-order chi connectivity index (χ0) is 64.3. The van der Waals surface area contributed by atoms with E-state index in [2.05, 4.69) is 85.1 Å². The van der Waals surface area contributed by atoms with E-state index in [1.54, 1.807) is 0 Å². The van der Waals surface area contributed by atoms with Crippen LogP contribution in [0.2, 0.25) is 0 Å². The van der Waals surface area contributed by atoms with E-state index in [9.17, 15) is 19.8 Å². The molecule has 18 aliphatic rings. The van der Waals surface area contributed by atoms with Gasteiger partial charge in [-0.15, -0.1) is 0 Å². The third-order valence-electron chi connectivity index (χ3n) is 29.7. The summed E-state index contributed by atoms with van der Waals surface area (Å²) in [7, 11) is 0. The minimum atomic E-state index is -1.15. The van der Waals surface area contributed by atoms with Gasteiger partial charge in [0.15, 0.2) is 0 Å². The smallest absolute Gasteiger partial charge is 0.550 e. The maximum absolute atomic E-state index is 12.8. The van der Waals surface area contributed by atoms with Gasteiger partial charge in [0.2, 0.25) is 0 Å². The Balaban J connectivity index is 0.000000148. The van der Waals surface area contributed by atoms with Crippen LogP contribution in [-0.2, 0) is 26.7 Å². The van der Waals surface area contributed by atoms with E-state index in [0.29, 0.717) is 59.2 Å². The average molecular weight is 1380 g/mol. The Morgan fingerprint density at radius 3 is 0.653 bits per heavy atom. The van der Waals surface area contributed by atoms with Gasteiger partial charge in [-0.3, -0.25) is 85.1 Å². The monoisotopic (exact) mass is 1370 g/mol. The van der Waals surface area contributed by atoms with Crippen LogP contribution < -0.4 is 141 Å². The van der Waals surface area contributed by atoms with E-state index in [1.165, 1.54) is 89.9 Å². The van der Waals surface area contributed by atoms with Gasteiger partial charge in [-0.25, -0.2) is 0 Å². The van der Waals surface area contributed by atoms with Crippen LogP contribution in [-0.4, -0.2) is 159 Å². The van der Waals surface area contributed by atoms with Gasteiger partial charge in [-0.05, 0) is 136 Å². The number of carboxylic acids is 2. The number of nitrogens with one attached hydrogen (secondary N) is 16. The van der Waals surface area contributed by atoms with Gasteiger partial charge in [0.05, 0.1) is 98.7 Å². The summed E-state index contributed by atoms with van der Waals surface area (Å²) >= 11 is 0. The van der Waals surface area contributed by atoms with E-state index in [0.717, 1.165) is 51.4 Å².